The van der Waals surface area contributed by atoms with Crippen molar-refractivity contribution in [1.82, 2.24) is 15.1 Å². The molecule has 2 rings (SSSR count). The first-order valence-corrected chi connectivity index (χ1v) is 7.06. The fourth-order valence-electron chi connectivity index (χ4n) is 1.95. The van der Waals surface area contributed by atoms with Crippen molar-refractivity contribution >= 4 is 23.2 Å². The first-order chi connectivity index (χ1) is 10.5. The molecule has 1 amide bonds. The summed E-state index contributed by atoms with van der Waals surface area (Å²) < 4.78 is 1.69. The molecule has 0 spiro atoms. The number of aryl methyl sites for hydroxylation is 2. The monoisotopic (exact) mass is 322 g/mol. The van der Waals surface area contributed by atoms with Gasteiger partial charge in [0.2, 0.25) is 0 Å². The zero-order valence-electron chi connectivity index (χ0n) is 12.0. The maximum Gasteiger partial charge on any atom is 0.273 e. The summed E-state index contributed by atoms with van der Waals surface area (Å²) in [6.07, 6.45) is 3.93. The normalized spacial score (nSPS) is 10.5. The quantitative estimate of drug-likeness (QED) is 0.503. The number of amides is 1. The highest BCUT2D eigenvalue weighted by atomic mass is 35.5. The number of carbonyl (C=O) groups excluding carboxylic acids is 1. The minimum Gasteiger partial charge on any atom is -0.352 e. The van der Waals surface area contributed by atoms with Crippen molar-refractivity contribution in [1.29, 1.82) is 0 Å². The number of nitro groups is 1. The maximum atomic E-state index is 12.0. The van der Waals surface area contributed by atoms with E-state index in [0.29, 0.717) is 30.1 Å². The Balaban J connectivity index is 1.87. The van der Waals surface area contributed by atoms with Crippen molar-refractivity contribution in [2.75, 3.05) is 6.54 Å². The van der Waals surface area contributed by atoms with Gasteiger partial charge in [-0.1, -0.05) is 17.7 Å². The van der Waals surface area contributed by atoms with Gasteiger partial charge in [-0.25, -0.2) is 0 Å². The minimum absolute atomic E-state index is 0.0566. The van der Waals surface area contributed by atoms with Gasteiger partial charge in [0.15, 0.2) is 0 Å². The van der Waals surface area contributed by atoms with E-state index in [2.05, 4.69) is 10.4 Å². The van der Waals surface area contributed by atoms with E-state index in [4.69, 9.17) is 11.6 Å². The van der Waals surface area contributed by atoms with Gasteiger partial charge in [-0.15, -0.1) is 0 Å². The number of hydrogen-bond donors (Lipinski definition) is 1. The van der Waals surface area contributed by atoms with Crippen molar-refractivity contribution in [3.8, 4) is 0 Å². The van der Waals surface area contributed by atoms with E-state index in [1.807, 2.05) is 0 Å². The van der Waals surface area contributed by atoms with Crippen LogP contribution in [0.3, 0.4) is 0 Å². The number of nitrogens with zero attached hydrogens (tertiary/aromatic N) is 3. The van der Waals surface area contributed by atoms with Crippen LogP contribution in [0.2, 0.25) is 5.02 Å². The first-order valence-electron chi connectivity index (χ1n) is 6.68. The molecule has 0 aliphatic heterocycles. The molecule has 0 unspecified atom stereocenters. The number of nitrogens with one attached hydrogen (secondary N) is 1. The van der Waals surface area contributed by atoms with E-state index in [1.165, 1.54) is 6.07 Å². The van der Waals surface area contributed by atoms with Crippen LogP contribution in [0.1, 0.15) is 22.3 Å². The lowest BCUT2D eigenvalue weighted by Crippen LogP contribution is -2.25. The van der Waals surface area contributed by atoms with Crippen LogP contribution in [-0.2, 0) is 6.54 Å². The van der Waals surface area contributed by atoms with Crippen LogP contribution >= 0.6 is 11.6 Å². The molecule has 1 N–H and O–H groups in total. The molecule has 22 heavy (non-hydrogen) atoms. The Hall–Kier alpha value is -2.41. The van der Waals surface area contributed by atoms with Crippen LogP contribution in [-0.4, -0.2) is 27.2 Å². The predicted octanol–water partition coefficient (Wildman–Crippen LogP) is 2.57. The van der Waals surface area contributed by atoms with Gasteiger partial charge in [-0.2, -0.15) is 5.10 Å². The second-order valence-corrected chi connectivity index (χ2v) is 5.23. The second kappa shape index (κ2) is 7.04. The van der Waals surface area contributed by atoms with E-state index in [0.717, 1.165) is 0 Å². The molecule has 116 valence electrons. The summed E-state index contributed by atoms with van der Waals surface area (Å²) >= 11 is 5.75. The molecule has 0 aliphatic carbocycles. The Morgan fingerprint density at radius 3 is 2.91 bits per heavy atom. The van der Waals surface area contributed by atoms with E-state index in [1.54, 1.807) is 36.1 Å². The predicted molar refractivity (Wildman–Crippen MR) is 82.0 cm³/mol. The van der Waals surface area contributed by atoms with Crippen molar-refractivity contribution in [3.63, 3.8) is 0 Å². The summed E-state index contributed by atoms with van der Waals surface area (Å²) in [5.41, 5.74) is 0.746. The number of benzene rings is 1. The molecule has 7 nitrogen and oxygen atoms in total. The van der Waals surface area contributed by atoms with Gasteiger partial charge in [0, 0.05) is 36.5 Å². The molecule has 1 aromatic heterocycles. The molecular weight excluding hydrogens is 308 g/mol. The summed E-state index contributed by atoms with van der Waals surface area (Å²) in [7, 11) is 0. The van der Waals surface area contributed by atoms with Crippen LogP contribution in [0.4, 0.5) is 5.69 Å². The van der Waals surface area contributed by atoms with Gasteiger partial charge in [0.05, 0.1) is 16.1 Å². The molecule has 0 atom stereocenters. The van der Waals surface area contributed by atoms with Gasteiger partial charge < -0.3 is 5.32 Å². The third-order valence-corrected chi connectivity index (χ3v) is 3.31. The topological polar surface area (TPSA) is 90.1 Å². The molecule has 8 heteroatoms. The molecular formula is C14H15ClN4O3. The number of hydrogen-bond acceptors (Lipinski definition) is 4. The van der Waals surface area contributed by atoms with Crippen LogP contribution in [0.15, 0.2) is 30.6 Å². The molecule has 1 aromatic carbocycles. The average Bonchev–Trinajstić information content (AvgIpc) is 2.89. The fraction of sp³-hybridized carbons (Fsp3) is 0.286. The number of rotatable bonds is 6. The average molecular weight is 323 g/mol. The van der Waals surface area contributed by atoms with E-state index in [9.17, 15) is 14.9 Å². The van der Waals surface area contributed by atoms with Crippen molar-refractivity contribution in [2.45, 2.75) is 19.9 Å². The molecule has 0 fully saturated rings. The standard InChI is InChI=1S/C14H15ClN4O3/c1-10-3-4-11(7-13(10)19(21)22)14(20)16-5-2-6-18-9-12(15)8-17-18/h3-4,7-9H,2,5-6H2,1H3,(H,16,20). The lowest BCUT2D eigenvalue weighted by Gasteiger charge is -2.06. The van der Waals surface area contributed by atoms with E-state index < -0.39 is 4.92 Å². The Bertz CT molecular complexity index is 699. The van der Waals surface area contributed by atoms with Crippen LogP contribution in [0.25, 0.3) is 0 Å². The van der Waals surface area contributed by atoms with Gasteiger partial charge >= 0.3 is 0 Å². The molecule has 1 heterocycles. The molecule has 0 saturated carbocycles. The van der Waals surface area contributed by atoms with Crippen LogP contribution in [0.5, 0.6) is 0 Å². The third kappa shape index (κ3) is 4.05. The highest BCUT2D eigenvalue weighted by Crippen LogP contribution is 2.19. The Kier molecular flexibility index (Phi) is 5.11. The number of carbonyl (C=O) groups is 1. The second-order valence-electron chi connectivity index (χ2n) is 4.79. The summed E-state index contributed by atoms with van der Waals surface area (Å²) in [6.45, 7) is 2.70. The van der Waals surface area contributed by atoms with Crippen molar-refractivity contribution in [2.24, 2.45) is 0 Å². The third-order valence-electron chi connectivity index (χ3n) is 3.12. The van der Waals surface area contributed by atoms with E-state index >= 15 is 0 Å². The largest absolute Gasteiger partial charge is 0.352 e. The lowest BCUT2D eigenvalue weighted by atomic mass is 10.1. The highest BCUT2D eigenvalue weighted by Gasteiger charge is 2.14. The zero-order chi connectivity index (χ0) is 16.1. The minimum atomic E-state index is -0.492. The summed E-state index contributed by atoms with van der Waals surface area (Å²) in [4.78, 5) is 22.3. The highest BCUT2D eigenvalue weighted by molar-refractivity contribution is 6.30. The van der Waals surface area contributed by atoms with Crippen LogP contribution < -0.4 is 5.32 Å². The molecule has 2 aromatic rings. The Morgan fingerprint density at radius 1 is 1.50 bits per heavy atom. The lowest BCUT2D eigenvalue weighted by molar-refractivity contribution is -0.385. The van der Waals surface area contributed by atoms with Gasteiger partial charge in [0.1, 0.15) is 0 Å². The molecule has 0 saturated heterocycles. The smallest absolute Gasteiger partial charge is 0.273 e. The van der Waals surface area contributed by atoms with Crippen molar-refractivity contribution in [3.05, 3.63) is 56.9 Å². The van der Waals surface area contributed by atoms with Gasteiger partial charge in [-0.05, 0) is 19.4 Å². The maximum absolute atomic E-state index is 12.0. The SMILES string of the molecule is Cc1ccc(C(=O)NCCCn2cc(Cl)cn2)cc1[N+](=O)[O-]. The molecule has 0 radical (unpaired) electrons. The fourth-order valence-corrected chi connectivity index (χ4v) is 2.11. The number of aromatic nitrogens is 2. The van der Waals surface area contributed by atoms with Gasteiger partial charge in [0.25, 0.3) is 11.6 Å². The number of halogens is 1. The summed E-state index contributed by atoms with van der Waals surface area (Å²) in [6, 6.07) is 4.43. The zero-order valence-corrected chi connectivity index (χ0v) is 12.7. The summed E-state index contributed by atoms with van der Waals surface area (Å²) in [5.74, 6) is -0.332. The van der Waals surface area contributed by atoms with Gasteiger partial charge in [-0.3, -0.25) is 19.6 Å². The van der Waals surface area contributed by atoms with Crippen molar-refractivity contribution < 1.29 is 9.72 Å². The molecule has 0 bridgehead atoms. The molecule has 0 aliphatic rings. The number of nitro benzene ring substituents is 1. The first kappa shape index (κ1) is 16.0. The Morgan fingerprint density at radius 2 is 2.27 bits per heavy atom. The van der Waals surface area contributed by atoms with Crippen LogP contribution in [0, 0.1) is 17.0 Å². The van der Waals surface area contributed by atoms with E-state index in [-0.39, 0.29) is 17.2 Å². The summed E-state index contributed by atoms with van der Waals surface area (Å²) in [5, 5.41) is 18.2. The Labute approximate surface area is 132 Å².